The average Bonchev–Trinajstić information content (AvgIpc) is 3.16. The molecule has 1 aliphatic heterocycles. The van der Waals surface area contributed by atoms with Crippen LogP contribution in [-0.4, -0.2) is 49.6 Å². The lowest BCUT2D eigenvalue weighted by Crippen LogP contribution is -2.53. The molecular formula is C23H27N3O5. The Bertz CT molecular complexity index is 1080. The monoisotopic (exact) mass is 425 g/mol. The van der Waals surface area contributed by atoms with E-state index in [1.807, 2.05) is 18.2 Å². The Labute approximate surface area is 180 Å². The number of hydrogen-bond acceptors (Lipinski definition) is 7. The van der Waals surface area contributed by atoms with Gasteiger partial charge in [0.1, 0.15) is 6.04 Å². The number of carbonyl (C=O) groups excluding carboxylic acids is 1. The molecule has 8 heteroatoms. The molecule has 2 heterocycles. The van der Waals surface area contributed by atoms with Crippen LogP contribution in [0.2, 0.25) is 0 Å². The summed E-state index contributed by atoms with van der Waals surface area (Å²) in [6, 6.07) is 11.0. The maximum Gasteiger partial charge on any atom is 0.322 e. The topological polar surface area (TPSA) is 105 Å². The second-order valence-electron chi connectivity index (χ2n) is 7.60. The Morgan fingerprint density at radius 3 is 2.48 bits per heavy atom. The summed E-state index contributed by atoms with van der Waals surface area (Å²) < 4.78 is 15.6. The number of rotatable bonds is 6. The number of benzene rings is 2. The summed E-state index contributed by atoms with van der Waals surface area (Å²) in [4.78, 5) is 15.5. The second-order valence-corrected chi connectivity index (χ2v) is 7.60. The van der Waals surface area contributed by atoms with Crippen LogP contribution in [0.3, 0.4) is 0 Å². The SMILES string of the molecule is COC(=O)[C@H](C)N[C@@H]1Cc2c([nH]c3ccccc23)[C@@H](c2cc(OC)c(O)c(OC)c2)N1. The third-order valence-corrected chi connectivity index (χ3v) is 5.75. The number of para-hydroxylation sites is 1. The van der Waals surface area contributed by atoms with Gasteiger partial charge in [0.2, 0.25) is 5.75 Å². The number of ether oxygens (including phenoxy) is 3. The molecule has 0 aliphatic carbocycles. The van der Waals surface area contributed by atoms with Crippen LogP contribution in [0, 0.1) is 0 Å². The molecule has 3 atom stereocenters. The molecule has 0 fully saturated rings. The number of esters is 1. The lowest BCUT2D eigenvalue weighted by molar-refractivity contribution is -0.142. The van der Waals surface area contributed by atoms with Gasteiger partial charge in [0.25, 0.3) is 0 Å². The third-order valence-electron chi connectivity index (χ3n) is 5.75. The number of fused-ring (bicyclic) bond motifs is 3. The van der Waals surface area contributed by atoms with Crippen molar-refractivity contribution in [3.63, 3.8) is 0 Å². The first-order valence-electron chi connectivity index (χ1n) is 10.1. The summed E-state index contributed by atoms with van der Waals surface area (Å²) in [5, 5.41) is 18.4. The van der Waals surface area contributed by atoms with Crippen molar-refractivity contribution < 1.29 is 24.1 Å². The molecule has 0 saturated carbocycles. The smallest absolute Gasteiger partial charge is 0.322 e. The molecule has 4 N–H and O–H groups in total. The highest BCUT2D eigenvalue weighted by Gasteiger charge is 2.33. The van der Waals surface area contributed by atoms with E-state index < -0.39 is 6.04 Å². The fourth-order valence-electron chi connectivity index (χ4n) is 4.23. The number of aromatic hydroxyl groups is 1. The Kier molecular flexibility index (Phi) is 5.75. The van der Waals surface area contributed by atoms with Crippen molar-refractivity contribution >= 4 is 16.9 Å². The van der Waals surface area contributed by atoms with Crippen LogP contribution >= 0.6 is 0 Å². The summed E-state index contributed by atoms with van der Waals surface area (Å²) in [6.45, 7) is 1.78. The molecule has 164 valence electrons. The van der Waals surface area contributed by atoms with E-state index in [4.69, 9.17) is 14.2 Å². The molecule has 0 amide bonds. The summed E-state index contributed by atoms with van der Waals surface area (Å²) in [7, 11) is 4.39. The Morgan fingerprint density at radius 1 is 1.16 bits per heavy atom. The van der Waals surface area contributed by atoms with Gasteiger partial charge in [0.15, 0.2) is 11.5 Å². The molecule has 0 unspecified atom stereocenters. The van der Waals surface area contributed by atoms with E-state index >= 15 is 0 Å². The molecule has 8 nitrogen and oxygen atoms in total. The molecule has 4 rings (SSSR count). The van der Waals surface area contributed by atoms with Crippen molar-refractivity contribution in [2.24, 2.45) is 0 Å². The normalized spacial score (nSPS) is 19.0. The fourth-order valence-corrected chi connectivity index (χ4v) is 4.23. The van der Waals surface area contributed by atoms with Gasteiger partial charge in [-0.25, -0.2) is 0 Å². The van der Waals surface area contributed by atoms with Crippen LogP contribution in [0.5, 0.6) is 17.2 Å². The predicted octanol–water partition coefficient (Wildman–Crippen LogP) is 2.60. The van der Waals surface area contributed by atoms with Gasteiger partial charge in [0, 0.05) is 23.0 Å². The zero-order valence-corrected chi connectivity index (χ0v) is 18.0. The maximum atomic E-state index is 12.0. The van der Waals surface area contributed by atoms with E-state index in [1.165, 1.54) is 26.9 Å². The Hall–Kier alpha value is -3.23. The lowest BCUT2D eigenvalue weighted by atomic mass is 9.92. The second kappa shape index (κ2) is 8.49. The van der Waals surface area contributed by atoms with Crippen molar-refractivity contribution in [2.75, 3.05) is 21.3 Å². The highest BCUT2D eigenvalue weighted by Crippen LogP contribution is 2.42. The Balaban J connectivity index is 1.80. The van der Waals surface area contributed by atoms with Crippen LogP contribution in [-0.2, 0) is 16.0 Å². The molecule has 0 radical (unpaired) electrons. The Morgan fingerprint density at radius 2 is 1.84 bits per heavy atom. The van der Waals surface area contributed by atoms with E-state index in [-0.39, 0.29) is 23.9 Å². The van der Waals surface area contributed by atoms with Gasteiger partial charge >= 0.3 is 5.97 Å². The molecular weight excluding hydrogens is 398 g/mol. The predicted molar refractivity (Wildman–Crippen MR) is 117 cm³/mol. The van der Waals surface area contributed by atoms with Crippen molar-refractivity contribution in [2.45, 2.75) is 31.6 Å². The number of aromatic nitrogens is 1. The molecule has 3 aromatic rings. The van der Waals surface area contributed by atoms with Gasteiger partial charge in [-0.05, 0) is 36.2 Å². The zero-order chi connectivity index (χ0) is 22.1. The summed E-state index contributed by atoms with van der Waals surface area (Å²) in [5.41, 5.74) is 4.09. The van der Waals surface area contributed by atoms with E-state index in [0.29, 0.717) is 17.9 Å². The third kappa shape index (κ3) is 3.80. The number of hydrogen-bond donors (Lipinski definition) is 4. The van der Waals surface area contributed by atoms with Crippen LogP contribution < -0.4 is 20.1 Å². The number of aromatic amines is 1. The largest absolute Gasteiger partial charge is 0.502 e. The van der Waals surface area contributed by atoms with Gasteiger partial charge in [-0.3, -0.25) is 15.4 Å². The van der Waals surface area contributed by atoms with Crippen molar-refractivity contribution in [1.82, 2.24) is 15.6 Å². The molecule has 2 aromatic carbocycles. The number of phenolic OH excluding ortho intramolecular Hbond substituents is 1. The van der Waals surface area contributed by atoms with Crippen LogP contribution in [0.25, 0.3) is 10.9 Å². The van der Waals surface area contributed by atoms with Gasteiger partial charge in [-0.15, -0.1) is 0 Å². The number of nitrogens with one attached hydrogen (secondary N) is 3. The van der Waals surface area contributed by atoms with E-state index in [1.54, 1.807) is 19.1 Å². The minimum absolute atomic E-state index is 0.0459. The van der Waals surface area contributed by atoms with Gasteiger partial charge in [0.05, 0.1) is 33.5 Å². The van der Waals surface area contributed by atoms with Gasteiger partial charge < -0.3 is 24.3 Å². The molecule has 1 aliphatic rings. The molecule has 0 saturated heterocycles. The van der Waals surface area contributed by atoms with E-state index in [9.17, 15) is 9.90 Å². The highest BCUT2D eigenvalue weighted by atomic mass is 16.5. The van der Waals surface area contributed by atoms with Crippen molar-refractivity contribution in [1.29, 1.82) is 0 Å². The first-order chi connectivity index (χ1) is 15.0. The van der Waals surface area contributed by atoms with Crippen LogP contribution in [0.15, 0.2) is 36.4 Å². The summed E-state index contributed by atoms with van der Waals surface area (Å²) in [5.74, 6) is 0.283. The first kappa shape index (κ1) is 21.0. The minimum Gasteiger partial charge on any atom is -0.502 e. The number of methoxy groups -OCH3 is 3. The first-order valence-corrected chi connectivity index (χ1v) is 10.1. The number of phenols is 1. The van der Waals surface area contributed by atoms with Crippen LogP contribution in [0.4, 0.5) is 0 Å². The van der Waals surface area contributed by atoms with Gasteiger partial charge in [-0.2, -0.15) is 0 Å². The minimum atomic E-state index is -0.473. The fraction of sp³-hybridized carbons (Fsp3) is 0.348. The van der Waals surface area contributed by atoms with Crippen molar-refractivity contribution in [3.8, 4) is 17.2 Å². The quantitative estimate of drug-likeness (QED) is 0.450. The number of carbonyl (C=O) groups is 1. The standard InChI is InChI=1S/C23H27N3O5/c1-12(23(28)31-4)24-19-11-15-14-7-5-6-8-16(14)25-21(15)20(26-19)13-9-17(29-2)22(27)18(10-13)30-3/h5-10,12,19-20,24-27H,11H2,1-4H3/t12-,19-,20+/m0/s1. The summed E-state index contributed by atoms with van der Waals surface area (Å²) >= 11 is 0. The summed E-state index contributed by atoms with van der Waals surface area (Å²) in [6.07, 6.45) is 0.500. The van der Waals surface area contributed by atoms with E-state index in [0.717, 1.165) is 22.2 Å². The average molecular weight is 425 g/mol. The van der Waals surface area contributed by atoms with Crippen LogP contribution in [0.1, 0.15) is 29.8 Å². The molecule has 1 aromatic heterocycles. The van der Waals surface area contributed by atoms with E-state index in [2.05, 4.69) is 21.7 Å². The zero-order valence-electron chi connectivity index (χ0n) is 18.0. The van der Waals surface area contributed by atoms with Crippen molar-refractivity contribution in [3.05, 3.63) is 53.2 Å². The maximum absolute atomic E-state index is 12.0. The highest BCUT2D eigenvalue weighted by molar-refractivity contribution is 5.85. The van der Waals surface area contributed by atoms with Gasteiger partial charge in [-0.1, -0.05) is 18.2 Å². The molecule has 31 heavy (non-hydrogen) atoms. The molecule has 0 bridgehead atoms. The number of H-pyrrole nitrogens is 1. The molecule has 0 spiro atoms. The lowest BCUT2D eigenvalue weighted by Gasteiger charge is -2.34.